The summed E-state index contributed by atoms with van der Waals surface area (Å²) in [6.45, 7) is 5.70. The van der Waals surface area contributed by atoms with Gasteiger partial charge in [-0.05, 0) is 69.3 Å². The molecule has 2 aromatic carbocycles. The summed E-state index contributed by atoms with van der Waals surface area (Å²) >= 11 is 0. The summed E-state index contributed by atoms with van der Waals surface area (Å²) in [5, 5.41) is 3.18. The van der Waals surface area contributed by atoms with Crippen molar-refractivity contribution >= 4 is 11.8 Å². The molecular formula is C28H37N3O2. The lowest BCUT2D eigenvalue weighted by Gasteiger charge is -2.33. The predicted octanol–water partition coefficient (Wildman–Crippen LogP) is 4.62. The first-order chi connectivity index (χ1) is 16.0. The fourth-order valence-electron chi connectivity index (χ4n) is 5.35. The van der Waals surface area contributed by atoms with Crippen LogP contribution in [-0.2, 0) is 17.9 Å². The van der Waals surface area contributed by atoms with Crippen LogP contribution in [0.25, 0.3) is 0 Å². The molecule has 1 N–H and O–H groups in total. The Labute approximate surface area is 198 Å². The van der Waals surface area contributed by atoms with Gasteiger partial charge in [0.15, 0.2) is 0 Å². The van der Waals surface area contributed by atoms with E-state index in [0.717, 1.165) is 37.8 Å². The Kier molecular flexibility index (Phi) is 7.49. The van der Waals surface area contributed by atoms with Crippen LogP contribution in [0.15, 0.2) is 54.6 Å². The van der Waals surface area contributed by atoms with Crippen molar-refractivity contribution in [3.05, 3.63) is 71.3 Å². The molecule has 3 atom stereocenters. The third-order valence-electron chi connectivity index (χ3n) is 7.52. The van der Waals surface area contributed by atoms with Gasteiger partial charge < -0.3 is 10.2 Å². The van der Waals surface area contributed by atoms with Crippen LogP contribution in [0.1, 0.15) is 67.4 Å². The van der Waals surface area contributed by atoms with Crippen molar-refractivity contribution < 1.29 is 9.59 Å². The summed E-state index contributed by atoms with van der Waals surface area (Å²) < 4.78 is 0. The average molecular weight is 448 g/mol. The summed E-state index contributed by atoms with van der Waals surface area (Å²) in [5.74, 6) is 0.388. The van der Waals surface area contributed by atoms with Crippen LogP contribution >= 0.6 is 0 Å². The molecule has 4 rings (SSSR count). The van der Waals surface area contributed by atoms with Gasteiger partial charge in [-0.3, -0.25) is 14.5 Å². The van der Waals surface area contributed by atoms with Crippen LogP contribution in [0, 0.1) is 5.92 Å². The van der Waals surface area contributed by atoms with E-state index in [1.165, 1.54) is 12.0 Å². The maximum absolute atomic E-state index is 13.5. The van der Waals surface area contributed by atoms with E-state index in [1.807, 2.05) is 41.3 Å². The van der Waals surface area contributed by atoms with Crippen molar-refractivity contribution in [1.82, 2.24) is 15.1 Å². The van der Waals surface area contributed by atoms with Gasteiger partial charge in [0.2, 0.25) is 5.91 Å². The Balaban J connectivity index is 1.49. The number of carbonyl (C=O) groups excluding carboxylic acids is 2. The Morgan fingerprint density at radius 2 is 1.67 bits per heavy atom. The van der Waals surface area contributed by atoms with Gasteiger partial charge in [0.1, 0.15) is 6.04 Å². The van der Waals surface area contributed by atoms with Crippen LogP contribution in [0.4, 0.5) is 0 Å². The van der Waals surface area contributed by atoms with Crippen molar-refractivity contribution in [2.75, 3.05) is 7.05 Å². The van der Waals surface area contributed by atoms with Gasteiger partial charge in [-0.2, -0.15) is 0 Å². The van der Waals surface area contributed by atoms with E-state index in [4.69, 9.17) is 0 Å². The molecule has 0 bridgehead atoms. The zero-order valence-corrected chi connectivity index (χ0v) is 20.2. The molecular weight excluding hydrogens is 410 g/mol. The van der Waals surface area contributed by atoms with E-state index in [-0.39, 0.29) is 17.9 Å². The Morgan fingerprint density at radius 1 is 1.00 bits per heavy atom. The van der Waals surface area contributed by atoms with Gasteiger partial charge >= 0.3 is 0 Å². The van der Waals surface area contributed by atoms with E-state index < -0.39 is 6.04 Å². The molecule has 3 unspecified atom stereocenters. The molecule has 1 aliphatic heterocycles. The maximum atomic E-state index is 13.5. The van der Waals surface area contributed by atoms with Crippen molar-refractivity contribution in [2.24, 2.45) is 5.92 Å². The minimum atomic E-state index is -0.392. The van der Waals surface area contributed by atoms with Crippen LogP contribution in [0.2, 0.25) is 0 Å². The Hall–Kier alpha value is -2.66. The van der Waals surface area contributed by atoms with Gasteiger partial charge in [0.05, 0.1) is 0 Å². The fraction of sp³-hybridized carbons (Fsp3) is 0.500. The third kappa shape index (κ3) is 5.30. The van der Waals surface area contributed by atoms with E-state index in [1.54, 1.807) is 0 Å². The van der Waals surface area contributed by atoms with Crippen molar-refractivity contribution in [3.8, 4) is 0 Å². The second-order valence-corrected chi connectivity index (χ2v) is 9.94. The second-order valence-electron chi connectivity index (χ2n) is 9.94. The molecule has 2 fully saturated rings. The van der Waals surface area contributed by atoms with Crippen molar-refractivity contribution in [1.29, 1.82) is 0 Å². The lowest BCUT2D eigenvalue weighted by Crippen LogP contribution is -2.49. The topological polar surface area (TPSA) is 52.7 Å². The molecule has 2 aliphatic rings. The van der Waals surface area contributed by atoms with Gasteiger partial charge in [0, 0.05) is 30.7 Å². The Bertz CT molecular complexity index is 959. The average Bonchev–Trinajstić information content (AvgIpc) is 3.23. The zero-order valence-electron chi connectivity index (χ0n) is 20.2. The lowest BCUT2D eigenvalue weighted by molar-refractivity contribution is -0.125. The first-order valence-electron chi connectivity index (χ1n) is 12.4. The second kappa shape index (κ2) is 10.5. The molecule has 5 nitrogen and oxygen atoms in total. The lowest BCUT2D eigenvalue weighted by atomic mass is 9.84. The van der Waals surface area contributed by atoms with Gasteiger partial charge in [-0.25, -0.2) is 0 Å². The number of rotatable bonds is 7. The smallest absolute Gasteiger partial charge is 0.254 e. The summed E-state index contributed by atoms with van der Waals surface area (Å²) in [5.41, 5.74) is 3.03. The minimum absolute atomic E-state index is 0.0101. The molecule has 0 aromatic heterocycles. The third-order valence-corrected chi connectivity index (χ3v) is 7.52. The fourth-order valence-corrected chi connectivity index (χ4v) is 5.35. The molecule has 2 amide bonds. The number of hydrogen-bond acceptors (Lipinski definition) is 3. The molecule has 0 radical (unpaired) electrons. The predicted molar refractivity (Wildman–Crippen MR) is 132 cm³/mol. The molecule has 1 saturated heterocycles. The van der Waals surface area contributed by atoms with Crippen molar-refractivity contribution in [2.45, 2.75) is 77.2 Å². The van der Waals surface area contributed by atoms with Gasteiger partial charge in [-0.1, -0.05) is 55.3 Å². The summed E-state index contributed by atoms with van der Waals surface area (Å²) in [7, 11) is 2.12. The number of carbonyl (C=O) groups is 2. The van der Waals surface area contributed by atoms with E-state index in [9.17, 15) is 9.59 Å². The number of benzene rings is 2. The summed E-state index contributed by atoms with van der Waals surface area (Å²) in [6.07, 6.45) is 5.20. The van der Waals surface area contributed by atoms with E-state index in [0.29, 0.717) is 24.1 Å². The highest BCUT2D eigenvalue weighted by Crippen LogP contribution is 2.40. The standard InChI is InChI=1S/C28H37N3O2/c1-20(2)30(3)19-24-15-8-7-14-23(24)18-29-27(32)26-17-22-13-9-10-16-25(22)31(26)28(33)21-11-5-4-6-12-21/h4-8,11-12,14-15,20,22,25-26H,9-10,13,16-19H2,1-3H3,(H,29,32). The molecule has 1 aliphatic carbocycles. The highest BCUT2D eigenvalue weighted by molar-refractivity contribution is 5.98. The highest BCUT2D eigenvalue weighted by Gasteiger charge is 2.47. The molecule has 0 spiro atoms. The first kappa shape index (κ1) is 23.5. The van der Waals surface area contributed by atoms with Crippen LogP contribution in [-0.4, -0.2) is 46.8 Å². The number of nitrogens with one attached hydrogen (secondary N) is 1. The van der Waals surface area contributed by atoms with Crippen molar-refractivity contribution in [3.63, 3.8) is 0 Å². The molecule has 176 valence electrons. The van der Waals surface area contributed by atoms with Crippen LogP contribution < -0.4 is 5.32 Å². The van der Waals surface area contributed by atoms with Crippen LogP contribution in [0.3, 0.4) is 0 Å². The van der Waals surface area contributed by atoms with Crippen LogP contribution in [0.5, 0.6) is 0 Å². The van der Waals surface area contributed by atoms with Gasteiger partial charge in [-0.15, -0.1) is 0 Å². The number of amides is 2. The number of likely N-dealkylation sites (tertiary alicyclic amines) is 1. The molecule has 1 heterocycles. The largest absolute Gasteiger partial charge is 0.350 e. The zero-order chi connectivity index (χ0) is 23.4. The normalized spacial score (nSPS) is 22.5. The van der Waals surface area contributed by atoms with E-state index in [2.05, 4.69) is 49.3 Å². The molecule has 33 heavy (non-hydrogen) atoms. The molecule has 2 aromatic rings. The number of fused-ring (bicyclic) bond motifs is 1. The highest BCUT2D eigenvalue weighted by atomic mass is 16.2. The maximum Gasteiger partial charge on any atom is 0.254 e. The molecule has 5 heteroatoms. The number of nitrogens with zero attached hydrogens (tertiary/aromatic N) is 2. The summed E-state index contributed by atoms with van der Waals surface area (Å²) in [6, 6.07) is 17.9. The summed E-state index contributed by atoms with van der Waals surface area (Å²) in [4.78, 5) is 31.1. The minimum Gasteiger partial charge on any atom is -0.350 e. The van der Waals surface area contributed by atoms with E-state index >= 15 is 0 Å². The molecule has 1 saturated carbocycles. The number of hydrogen-bond donors (Lipinski definition) is 1. The van der Waals surface area contributed by atoms with Gasteiger partial charge in [0.25, 0.3) is 5.91 Å². The Morgan fingerprint density at radius 3 is 2.39 bits per heavy atom. The SMILES string of the molecule is CC(C)N(C)Cc1ccccc1CNC(=O)C1CC2CCCCC2N1C(=O)c1ccccc1. The first-order valence-corrected chi connectivity index (χ1v) is 12.4. The monoisotopic (exact) mass is 447 g/mol. The quantitative estimate of drug-likeness (QED) is 0.674.